The number of nitrogens with one attached hydrogen (secondary N) is 1. The van der Waals surface area contributed by atoms with Crippen LogP contribution in [0.4, 0.5) is 5.69 Å². The second-order valence-corrected chi connectivity index (χ2v) is 6.29. The highest BCUT2D eigenvalue weighted by molar-refractivity contribution is 5.94. The van der Waals surface area contributed by atoms with Gasteiger partial charge in [-0.15, -0.1) is 0 Å². The zero-order valence-corrected chi connectivity index (χ0v) is 15.0. The van der Waals surface area contributed by atoms with Gasteiger partial charge in [0.15, 0.2) is 6.10 Å². The smallest absolute Gasteiger partial charge is 0.265 e. The lowest BCUT2D eigenvalue weighted by atomic mass is 10.1. The SMILES string of the molecule is Cc1cccc(O[C@H](C)C(=O)Nc2ccc(Cc3ccncc3)cc2)c1. The molecule has 4 nitrogen and oxygen atoms in total. The van der Waals surface area contributed by atoms with Gasteiger partial charge in [-0.05, 0) is 73.4 Å². The van der Waals surface area contributed by atoms with E-state index in [0.29, 0.717) is 5.75 Å². The molecule has 2 aromatic carbocycles. The monoisotopic (exact) mass is 346 g/mol. The van der Waals surface area contributed by atoms with Gasteiger partial charge >= 0.3 is 0 Å². The highest BCUT2D eigenvalue weighted by atomic mass is 16.5. The first-order valence-electron chi connectivity index (χ1n) is 8.62. The Balaban J connectivity index is 1.57. The Kier molecular flexibility index (Phi) is 5.64. The van der Waals surface area contributed by atoms with E-state index in [1.807, 2.05) is 67.6 Å². The number of rotatable bonds is 6. The summed E-state index contributed by atoms with van der Waals surface area (Å²) in [7, 11) is 0. The first-order valence-corrected chi connectivity index (χ1v) is 8.62. The average molecular weight is 346 g/mol. The summed E-state index contributed by atoms with van der Waals surface area (Å²) in [6, 6.07) is 19.5. The molecule has 0 saturated heterocycles. The van der Waals surface area contributed by atoms with Crippen LogP contribution in [0, 0.1) is 6.92 Å². The van der Waals surface area contributed by atoms with Crippen LogP contribution in [0.5, 0.6) is 5.75 Å². The minimum absolute atomic E-state index is 0.173. The molecule has 1 atom stereocenters. The summed E-state index contributed by atoms with van der Waals surface area (Å²) in [6.07, 6.45) is 3.84. The molecule has 0 radical (unpaired) electrons. The maximum absolute atomic E-state index is 12.3. The molecule has 0 unspecified atom stereocenters. The summed E-state index contributed by atoms with van der Waals surface area (Å²) >= 11 is 0. The van der Waals surface area contributed by atoms with Gasteiger partial charge in [0.05, 0.1) is 0 Å². The third-order valence-corrected chi connectivity index (χ3v) is 4.05. The molecule has 1 amide bonds. The quantitative estimate of drug-likeness (QED) is 0.720. The Morgan fingerprint density at radius 3 is 2.42 bits per heavy atom. The number of benzene rings is 2. The Morgan fingerprint density at radius 2 is 1.73 bits per heavy atom. The van der Waals surface area contributed by atoms with Gasteiger partial charge in [-0.2, -0.15) is 0 Å². The molecule has 1 heterocycles. The van der Waals surface area contributed by atoms with Crippen molar-refractivity contribution < 1.29 is 9.53 Å². The van der Waals surface area contributed by atoms with Crippen LogP contribution >= 0.6 is 0 Å². The van der Waals surface area contributed by atoms with Crippen LogP contribution in [0.25, 0.3) is 0 Å². The summed E-state index contributed by atoms with van der Waals surface area (Å²) in [5, 5.41) is 2.89. The lowest BCUT2D eigenvalue weighted by Gasteiger charge is -2.15. The van der Waals surface area contributed by atoms with E-state index in [1.165, 1.54) is 11.1 Å². The molecule has 26 heavy (non-hydrogen) atoms. The molecule has 132 valence electrons. The molecular weight excluding hydrogens is 324 g/mol. The fraction of sp³-hybridized carbons (Fsp3) is 0.182. The third kappa shape index (κ3) is 4.93. The Hall–Kier alpha value is -3.14. The Morgan fingerprint density at radius 1 is 1.04 bits per heavy atom. The van der Waals surface area contributed by atoms with Crippen LogP contribution in [-0.4, -0.2) is 17.0 Å². The molecule has 0 saturated carbocycles. The molecule has 1 aromatic heterocycles. The van der Waals surface area contributed by atoms with E-state index in [4.69, 9.17) is 4.74 Å². The van der Waals surface area contributed by atoms with Crippen molar-refractivity contribution in [3.63, 3.8) is 0 Å². The number of amides is 1. The number of ether oxygens (including phenoxy) is 1. The maximum Gasteiger partial charge on any atom is 0.265 e. The highest BCUT2D eigenvalue weighted by Gasteiger charge is 2.15. The maximum atomic E-state index is 12.3. The van der Waals surface area contributed by atoms with Crippen LogP contribution < -0.4 is 10.1 Å². The predicted octanol–water partition coefficient (Wildman–Crippen LogP) is 4.39. The second-order valence-electron chi connectivity index (χ2n) is 6.29. The van der Waals surface area contributed by atoms with E-state index < -0.39 is 6.10 Å². The molecule has 0 aliphatic carbocycles. The van der Waals surface area contributed by atoms with Crippen molar-refractivity contribution in [1.82, 2.24) is 4.98 Å². The van der Waals surface area contributed by atoms with Gasteiger partial charge in [0.25, 0.3) is 5.91 Å². The lowest BCUT2D eigenvalue weighted by molar-refractivity contribution is -0.122. The molecule has 0 bridgehead atoms. The predicted molar refractivity (Wildman–Crippen MR) is 103 cm³/mol. The van der Waals surface area contributed by atoms with E-state index in [2.05, 4.69) is 10.3 Å². The van der Waals surface area contributed by atoms with Crippen molar-refractivity contribution >= 4 is 11.6 Å². The van der Waals surface area contributed by atoms with Gasteiger partial charge in [0.2, 0.25) is 0 Å². The fourth-order valence-corrected chi connectivity index (χ4v) is 2.63. The number of aryl methyl sites for hydroxylation is 1. The number of aromatic nitrogens is 1. The molecule has 1 N–H and O–H groups in total. The molecular formula is C22H22N2O2. The second kappa shape index (κ2) is 8.30. The molecule has 0 spiro atoms. The average Bonchev–Trinajstić information content (AvgIpc) is 2.64. The normalized spacial score (nSPS) is 11.6. The van der Waals surface area contributed by atoms with Crippen molar-refractivity contribution in [2.24, 2.45) is 0 Å². The summed E-state index contributed by atoms with van der Waals surface area (Å²) in [6.45, 7) is 3.74. The van der Waals surface area contributed by atoms with Crippen LogP contribution in [0.1, 0.15) is 23.6 Å². The number of nitrogens with zero attached hydrogens (tertiary/aromatic N) is 1. The number of hydrogen-bond donors (Lipinski definition) is 1. The van der Waals surface area contributed by atoms with Gasteiger partial charge in [0.1, 0.15) is 5.75 Å². The van der Waals surface area contributed by atoms with E-state index >= 15 is 0 Å². The van der Waals surface area contributed by atoms with E-state index in [-0.39, 0.29) is 5.91 Å². The van der Waals surface area contributed by atoms with Crippen LogP contribution in [0.15, 0.2) is 73.1 Å². The first-order chi connectivity index (χ1) is 12.6. The van der Waals surface area contributed by atoms with Crippen molar-refractivity contribution in [1.29, 1.82) is 0 Å². The van der Waals surface area contributed by atoms with Crippen LogP contribution in [0.3, 0.4) is 0 Å². The van der Waals surface area contributed by atoms with Crippen molar-refractivity contribution in [2.75, 3.05) is 5.32 Å². The van der Waals surface area contributed by atoms with Crippen molar-refractivity contribution in [3.8, 4) is 5.75 Å². The minimum Gasteiger partial charge on any atom is -0.481 e. The number of anilines is 1. The van der Waals surface area contributed by atoms with Crippen molar-refractivity contribution in [2.45, 2.75) is 26.4 Å². The Bertz CT molecular complexity index is 861. The van der Waals surface area contributed by atoms with E-state index in [1.54, 1.807) is 19.3 Å². The summed E-state index contributed by atoms with van der Waals surface area (Å²) < 4.78 is 5.71. The third-order valence-electron chi connectivity index (χ3n) is 4.05. The number of pyridine rings is 1. The first kappa shape index (κ1) is 17.7. The summed E-state index contributed by atoms with van der Waals surface area (Å²) in [5.74, 6) is 0.522. The molecule has 0 fully saturated rings. The van der Waals surface area contributed by atoms with Gasteiger partial charge in [-0.3, -0.25) is 9.78 Å². The van der Waals surface area contributed by atoms with E-state index in [0.717, 1.165) is 17.7 Å². The van der Waals surface area contributed by atoms with Gasteiger partial charge in [-0.25, -0.2) is 0 Å². The molecule has 4 heteroatoms. The van der Waals surface area contributed by atoms with Gasteiger partial charge < -0.3 is 10.1 Å². The minimum atomic E-state index is -0.576. The molecule has 0 aliphatic rings. The Labute approximate surface area is 153 Å². The standard InChI is InChI=1S/C22H22N2O2/c1-16-4-3-5-21(14-16)26-17(2)22(25)24-20-8-6-18(7-9-20)15-19-10-12-23-13-11-19/h3-14,17H,15H2,1-2H3,(H,24,25)/t17-/m1/s1. The zero-order chi connectivity index (χ0) is 18.4. The topological polar surface area (TPSA) is 51.2 Å². The fourth-order valence-electron chi connectivity index (χ4n) is 2.63. The van der Waals surface area contributed by atoms with E-state index in [9.17, 15) is 4.79 Å². The highest BCUT2D eigenvalue weighted by Crippen LogP contribution is 2.16. The zero-order valence-electron chi connectivity index (χ0n) is 15.0. The van der Waals surface area contributed by atoms with Gasteiger partial charge in [-0.1, -0.05) is 24.3 Å². The molecule has 3 aromatic rings. The lowest BCUT2D eigenvalue weighted by Crippen LogP contribution is -2.30. The van der Waals surface area contributed by atoms with Crippen molar-refractivity contribution in [3.05, 3.63) is 89.7 Å². The number of carbonyl (C=O) groups excluding carboxylic acids is 1. The molecule has 3 rings (SSSR count). The summed E-state index contributed by atoms with van der Waals surface area (Å²) in [4.78, 5) is 16.4. The summed E-state index contributed by atoms with van der Waals surface area (Å²) in [5.41, 5.74) is 4.24. The number of hydrogen-bond acceptors (Lipinski definition) is 3. The largest absolute Gasteiger partial charge is 0.481 e. The van der Waals surface area contributed by atoms with Crippen LogP contribution in [-0.2, 0) is 11.2 Å². The van der Waals surface area contributed by atoms with Crippen LogP contribution in [0.2, 0.25) is 0 Å². The molecule has 0 aliphatic heterocycles. The number of carbonyl (C=O) groups is 1. The van der Waals surface area contributed by atoms with Gasteiger partial charge in [0, 0.05) is 18.1 Å².